The number of aliphatic hydroxyl groups is 1. The molecule has 0 aromatic carbocycles. The summed E-state index contributed by atoms with van der Waals surface area (Å²) in [5.74, 6) is 0.500. The molecule has 1 heteroatoms. The van der Waals surface area contributed by atoms with Gasteiger partial charge in [-0.15, -0.1) is 0 Å². The Hall–Kier alpha value is -0.720. The molecule has 0 amide bonds. The molecule has 0 aliphatic heterocycles. The molecule has 0 aromatic rings. The summed E-state index contributed by atoms with van der Waals surface area (Å²) in [4.78, 5) is 0. The van der Waals surface area contributed by atoms with Gasteiger partial charge in [0.05, 0.1) is 0 Å². The van der Waals surface area contributed by atoms with E-state index in [9.17, 15) is 5.11 Å². The third kappa shape index (κ3) is 1.63. The second-order valence-electron chi connectivity index (χ2n) is 2.62. The van der Waals surface area contributed by atoms with Gasteiger partial charge in [-0.2, -0.15) is 0 Å². The van der Waals surface area contributed by atoms with Gasteiger partial charge in [0, 0.05) is 0 Å². The molecule has 1 aliphatic carbocycles. The van der Waals surface area contributed by atoms with Crippen molar-refractivity contribution in [3.63, 3.8) is 0 Å². The predicted molar refractivity (Wildman–Crippen MR) is 42.9 cm³/mol. The van der Waals surface area contributed by atoms with Crippen LogP contribution in [0.4, 0.5) is 0 Å². The van der Waals surface area contributed by atoms with Gasteiger partial charge in [0.1, 0.15) is 5.76 Å². The first kappa shape index (κ1) is 7.39. The molecule has 0 saturated heterocycles. The summed E-state index contributed by atoms with van der Waals surface area (Å²) in [7, 11) is 0. The lowest BCUT2D eigenvalue weighted by atomic mass is 10.2. The minimum Gasteiger partial charge on any atom is -0.508 e. The molecule has 1 nitrogen and oxygen atoms in total. The van der Waals surface area contributed by atoms with Gasteiger partial charge in [-0.3, -0.25) is 0 Å². The highest BCUT2D eigenvalue weighted by Gasteiger charge is 2.06. The highest BCUT2D eigenvalue weighted by atomic mass is 16.3. The molecule has 1 N–H and O–H groups in total. The molecule has 0 spiro atoms. The van der Waals surface area contributed by atoms with Crippen molar-refractivity contribution in [1.29, 1.82) is 0 Å². The lowest BCUT2D eigenvalue weighted by Crippen LogP contribution is -1.83. The smallest absolute Gasteiger partial charge is 0.114 e. The first-order valence-corrected chi connectivity index (χ1v) is 3.93. The fourth-order valence-corrected chi connectivity index (χ4v) is 1.23. The highest BCUT2D eigenvalue weighted by Crippen LogP contribution is 2.22. The van der Waals surface area contributed by atoms with Crippen LogP contribution in [0.25, 0.3) is 0 Å². The van der Waals surface area contributed by atoms with E-state index in [4.69, 9.17) is 0 Å². The van der Waals surface area contributed by atoms with Crippen LogP contribution in [0.5, 0.6) is 0 Å². The largest absolute Gasteiger partial charge is 0.508 e. The van der Waals surface area contributed by atoms with Crippen LogP contribution in [0.2, 0.25) is 0 Å². The van der Waals surface area contributed by atoms with Gasteiger partial charge in [-0.1, -0.05) is 13.0 Å². The molecule has 1 aliphatic rings. The van der Waals surface area contributed by atoms with Crippen LogP contribution in [-0.2, 0) is 0 Å². The van der Waals surface area contributed by atoms with Gasteiger partial charge in [-0.05, 0) is 37.3 Å². The van der Waals surface area contributed by atoms with Crippen LogP contribution >= 0.6 is 0 Å². The zero-order chi connectivity index (χ0) is 7.40. The molecule has 10 heavy (non-hydrogen) atoms. The van der Waals surface area contributed by atoms with Gasteiger partial charge in [0.15, 0.2) is 0 Å². The van der Waals surface area contributed by atoms with Crippen molar-refractivity contribution in [1.82, 2.24) is 0 Å². The summed E-state index contributed by atoms with van der Waals surface area (Å²) < 4.78 is 0. The average Bonchev–Trinajstić information content (AvgIpc) is 2.38. The van der Waals surface area contributed by atoms with E-state index in [0.29, 0.717) is 5.76 Å². The van der Waals surface area contributed by atoms with Crippen molar-refractivity contribution in [2.24, 2.45) is 0 Å². The fraction of sp³-hybridized carbons (Fsp3) is 0.556. The molecule has 56 valence electrons. The predicted octanol–water partition coefficient (Wildman–Crippen LogP) is 2.95. The van der Waals surface area contributed by atoms with Gasteiger partial charge < -0.3 is 5.11 Å². The monoisotopic (exact) mass is 138 g/mol. The number of hydrogen-bond acceptors (Lipinski definition) is 1. The average molecular weight is 138 g/mol. The molecule has 0 aromatic heterocycles. The van der Waals surface area contributed by atoms with E-state index in [1.54, 1.807) is 0 Å². The highest BCUT2D eigenvalue weighted by molar-refractivity contribution is 5.27. The number of rotatable bonds is 2. The SMILES string of the molecule is CCC=C(O)C1=CCCC1. The van der Waals surface area contributed by atoms with E-state index < -0.39 is 0 Å². The van der Waals surface area contributed by atoms with Crippen LogP contribution in [0.1, 0.15) is 32.6 Å². The molecule has 0 radical (unpaired) electrons. The number of allylic oxidation sites excluding steroid dienone is 3. The standard InChI is InChI=1S/C9H14O/c1-2-5-9(10)8-6-3-4-7-8/h5-6,10H,2-4,7H2,1H3. The van der Waals surface area contributed by atoms with Crippen LogP contribution in [0.15, 0.2) is 23.5 Å². The van der Waals surface area contributed by atoms with E-state index in [-0.39, 0.29) is 0 Å². The number of hydrogen-bond donors (Lipinski definition) is 1. The lowest BCUT2D eigenvalue weighted by Gasteiger charge is -1.97. The first-order valence-electron chi connectivity index (χ1n) is 3.93. The second kappa shape index (κ2) is 3.45. The zero-order valence-corrected chi connectivity index (χ0v) is 6.43. The Kier molecular flexibility index (Phi) is 2.55. The van der Waals surface area contributed by atoms with Crippen molar-refractivity contribution in [3.05, 3.63) is 23.5 Å². The molecule has 0 bridgehead atoms. The van der Waals surface area contributed by atoms with Crippen LogP contribution < -0.4 is 0 Å². The van der Waals surface area contributed by atoms with Gasteiger partial charge in [0.25, 0.3) is 0 Å². The maximum absolute atomic E-state index is 9.34. The Morgan fingerprint density at radius 2 is 2.60 bits per heavy atom. The minimum absolute atomic E-state index is 0.500. The fourth-order valence-electron chi connectivity index (χ4n) is 1.23. The molecule has 0 unspecified atom stereocenters. The Bertz CT molecular complexity index is 166. The van der Waals surface area contributed by atoms with E-state index >= 15 is 0 Å². The molecule has 0 fully saturated rings. The van der Waals surface area contributed by atoms with E-state index in [1.807, 2.05) is 13.0 Å². The summed E-state index contributed by atoms with van der Waals surface area (Å²) in [5.41, 5.74) is 1.14. The maximum Gasteiger partial charge on any atom is 0.114 e. The Labute approximate surface area is 62.1 Å². The summed E-state index contributed by atoms with van der Waals surface area (Å²) in [5, 5.41) is 9.34. The molecule has 0 saturated carbocycles. The Morgan fingerprint density at radius 1 is 1.80 bits per heavy atom. The van der Waals surface area contributed by atoms with Crippen LogP contribution in [0, 0.1) is 0 Å². The molecular formula is C9H14O. The normalized spacial score (nSPS) is 19.3. The third-order valence-electron chi connectivity index (χ3n) is 1.77. The lowest BCUT2D eigenvalue weighted by molar-refractivity contribution is 0.418. The summed E-state index contributed by atoms with van der Waals surface area (Å²) in [6, 6.07) is 0. The number of aliphatic hydroxyl groups excluding tert-OH is 1. The minimum atomic E-state index is 0.500. The van der Waals surface area contributed by atoms with Crippen molar-refractivity contribution < 1.29 is 5.11 Å². The quantitative estimate of drug-likeness (QED) is 0.581. The van der Waals surface area contributed by atoms with E-state index in [1.165, 1.54) is 6.42 Å². The summed E-state index contributed by atoms with van der Waals surface area (Å²) in [6.07, 6.45) is 8.32. The summed E-state index contributed by atoms with van der Waals surface area (Å²) in [6.45, 7) is 2.03. The maximum atomic E-state index is 9.34. The van der Waals surface area contributed by atoms with Gasteiger partial charge >= 0.3 is 0 Å². The topological polar surface area (TPSA) is 20.2 Å². The second-order valence-corrected chi connectivity index (χ2v) is 2.62. The van der Waals surface area contributed by atoms with Gasteiger partial charge in [0.2, 0.25) is 0 Å². The molecule has 1 rings (SSSR count). The molecule has 0 heterocycles. The summed E-state index contributed by atoms with van der Waals surface area (Å²) >= 11 is 0. The third-order valence-corrected chi connectivity index (χ3v) is 1.77. The van der Waals surface area contributed by atoms with Crippen LogP contribution in [0.3, 0.4) is 0 Å². The van der Waals surface area contributed by atoms with Crippen molar-refractivity contribution in [3.8, 4) is 0 Å². The van der Waals surface area contributed by atoms with E-state index in [0.717, 1.165) is 24.8 Å². The first-order chi connectivity index (χ1) is 4.84. The Balaban J connectivity index is 2.55. The van der Waals surface area contributed by atoms with Crippen molar-refractivity contribution in [2.45, 2.75) is 32.6 Å². The molecular weight excluding hydrogens is 124 g/mol. The van der Waals surface area contributed by atoms with Gasteiger partial charge in [-0.25, -0.2) is 0 Å². The zero-order valence-electron chi connectivity index (χ0n) is 6.43. The molecule has 0 atom stereocenters. The van der Waals surface area contributed by atoms with Crippen molar-refractivity contribution in [2.75, 3.05) is 0 Å². The van der Waals surface area contributed by atoms with Crippen molar-refractivity contribution >= 4 is 0 Å². The van der Waals surface area contributed by atoms with E-state index in [2.05, 4.69) is 6.08 Å². The Morgan fingerprint density at radius 3 is 3.10 bits per heavy atom. The van der Waals surface area contributed by atoms with Crippen LogP contribution in [-0.4, -0.2) is 5.11 Å².